The van der Waals surface area contributed by atoms with Crippen LogP contribution in [0.3, 0.4) is 0 Å². The Morgan fingerprint density at radius 2 is 2.36 bits per heavy atom. The molecular weight excluding hydrogens is 182 g/mol. The minimum atomic E-state index is -0.975. The Kier molecular flexibility index (Phi) is 2.00. The normalized spacial score (nSPS) is 26.0. The summed E-state index contributed by atoms with van der Waals surface area (Å²) in [6.45, 7) is 1.81. The molecule has 0 fully saturated rings. The van der Waals surface area contributed by atoms with Crippen LogP contribution in [0, 0.1) is 5.92 Å². The van der Waals surface area contributed by atoms with Crippen LogP contribution in [-0.4, -0.2) is 28.3 Å². The Morgan fingerprint density at radius 1 is 1.64 bits per heavy atom. The van der Waals surface area contributed by atoms with Crippen molar-refractivity contribution in [2.75, 3.05) is 0 Å². The zero-order valence-corrected chi connectivity index (χ0v) is 7.78. The van der Waals surface area contributed by atoms with E-state index in [4.69, 9.17) is 0 Å². The van der Waals surface area contributed by atoms with Crippen LogP contribution in [0.15, 0.2) is 6.20 Å². The van der Waals surface area contributed by atoms with E-state index in [-0.39, 0.29) is 11.7 Å². The predicted molar refractivity (Wildman–Crippen MR) is 49.4 cm³/mol. The largest absolute Gasteiger partial charge is 0.385 e. The van der Waals surface area contributed by atoms with E-state index in [9.17, 15) is 14.7 Å². The van der Waals surface area contributed by atoms with Crippen molar-refractivity contribution in [1.82, 2.24) is 4.98 Å². The maximum absolute atomic E-state index is 11.6. The molecule has 0 aromatic carbocycles. The van der Waals surface area contributed by atoms with E-state index in [1.165, 1.54) is 6.20 Å². The number of carbonyl (C=O) groups is 2. The van der Waals surface area contributed by atoms with Crippen molar-refractivity contribution in [3.05, 3.63) is 23.0 Å². The van der Waals surface area contributed by atoms with Crippen LogP contribution >= 0.6 is 0 Å². The average Bonchev–Trinajstić information content (AvgIpc) is 2.57. The minimum absolute atomic E-state index is 0.0897. The van der Waals surface area contributed by atoms with Gasteiger partial charge in [0.25, 0.3) is 0 Å². The second-order valence-corrected chi connectivity index (χ2v) is 3.71. The van der Waals surface area contributed by atoms with Gasteiger partial charge in [-0.3, -0.25) is 9.59 Å². The maximum atomic E-state index is 11.6. The Hall–Kier alpha value is -1.42. The lowest BCUT2D eigenvalue weighted by Crippen LogP contribution is -2.34. The van der Waals surface area contributed by atoms with Gasteiger partial charge in [0.15, 0.2) is 12.1 Å². The number of carbonyl (C=O) groups excluding carboxylic acids is 2. The Balaban J connectivity index is 2.54. The predicted octanol–water partition coefficient (Wildman–Crippen LogP) is 0.563. The molecule has 4 heteroatoms. The Morgan fingerprint density at radius 3 is 3.00 bits per heavy atom. The summed E-state index contributed by atoms with van der Waals surface area (Å²) in [5, 5.41) is 9.55. The van der Waals surface area contributed by atoms with Gasteiger partial charge >= 0.3 is 0 Å². The minimum Gasteiger partial charge on any atom is -0.385 e. The van der Waals surface area contributed by atoms with E-state index < -0.39 is 6.10 Å². The molecule has 0 saturated heterocycles. The van der Waals surface area contributed by atoms with E-state index in [0.29, 0.717) is 23.8 Å². The fourth-order valence-electron chi connectivity index (χ4n) is 1.87. The fourth-order valence-corrected chi connectivity index (χ4v) is 1.87. The van der Waals surface area contributed by atoms with Gasteiger partial charge in [0, 0.05) is 17.5 Å². The number of hydrogen-bond donors (Lipinski definition) is 2. The third-order valence-corrected chi connectivity index (χ3v) is 2.70. The first kappa shape index (κ1) is 9.15. The zero-order chi connectivity index (χ0) is 10.3. The highest BCUT2D eigenvalue weighted by Crippen LogP contribution is 2.26. The van der Waals surface area contributed by atoms with E-state index in [1.54, 1.807) is 0 Å². The summed E-state index contributed by atoms with van der Waals surface area (Å²) >= 11 is 0. The molecule has 1 aliphatic rings. The molecule has 0 aliphatic heterocycles. The van der Waals surface area contributed by atoms with Crippen LogP contribution in [0.25, 0.3) is 0 Å². The Bertz CT molecular complexity index is 394. The van der Waals surface area contributed by atoms with Gasteiger partial charge in [0.1, 0.15) is 6.10 Å². The molecule has 2 atom stereocenters. The van der Waals surface area contributed by atoms with Gasteiger partial charge in [-0.1, -0.05) is 6.92 Å². The van der Waals surface area contributed by atoms with Crippen molar-refractivity contribution in [2.45, 2.75) is 19.4 Å². The number of aldehydes is 1. The number of aromatic nitrogens is 1. The molecule has 1 aromatic rings. The van der Waals surface area contributed by atoms with Gasteiger partial charge in [-0.05, 0) is 12.3 Å². The first-order chi connectivity index (χ1) is 6.65. The molecule has 0 saturated carbocycles. The van der Waals surface area contributed by atoms with Crippen molar-refractivity contribution in [1.29, 1.82) is 0 Å². The van der Waals surface area contributed by atoms with Crippen LogP contribution in [0.4, 0.5) is 0 Å². The van der Waals surface area contributed by atoms with E-state index >= 15 is 0 Å². The van der Waals surface area contributed by atoms with Gasteiger partial charge in [-0.15, -0.1) is 0 Å². The summed E-state index contributed by atoms with van der Waals surface area (Å²) in [6.07, 6.45) is 1.78. The molecule has 74 valence electrons. The summed E-state index contributed by atoms with van der Waals surface area (Å²) in [4.78, 5) is 25.2. The quantitative estimate of drug-likeness (QED) is 0.640. The smallest absolute Gasteiger partial charge is 0.194 e. The van der Waals surface area contributed by atoms with Crippen LogP contribution in [0.5, 0.6) is 0 Å². The first-order valence-electron chi connectivity index (χ1n) is 4.53. The molecule has 2 N–H and O–H groups in total. The molecule has 2 unspecified atom stereocenters. The summed E-state index contributed by atoms with van der Waals surface area (Å²) in [7, 11) is 0. The molecule has 14 heavy (non-hydrogen) atoms. The molecule has 4 nitrogen and oxygen atoms in total. The monoisotopic (exact) mass is 193 g/mol. The van der Waals surface area contributed by atoms with Gasteiger partial charge < -0.3 is 10.1 Å². The highest BCUT2D eigenvalue weighted by atomic mass is 16.3. The number of aromatic amines is 1. The van der Waals surface area contributed by atoms with Gasteiger partial charge in [-0.2, -0.15) is 0 Å². The molecule has 1 heterocycles. The van der Waals surface area contributed by atoms with E-state index in [0.717, 1.165) is 5.69 Å². The number of aliphatic hydroxyl groups excluding tert-OH is 1. The average molecular weight is 193 g/mol. The molecule has 0 bridgehead atoms. The van der Waals surface area contributed by atoms with Crippen molar-refractivity contribution >= 4 is 12.1 Å². The second-order valence-electron chi connectivity index (χ2n) is 3.71. The number of ketones is 1. The van der Waals surface area contributed by atoms with Crippen molar-refractivity contribution in [2.24, 2.45) is 5.92 Å². The number of aliphatic hydroxyl groups is 1. The van der Waals surface area contributed by atoms with Crippen LogP contribution in [-0.2, 0) is 6.42 Å². The molecule has 1 aromatic heterocycles. The summed E-state index contributed by atoms with van der Waals surface area (Å²) in [6, 6.07) is 0. The van der Waals surface area contributed by atoms with E-state index in [2.05, 4.69) is 4.98 Å². The van der Waals surface area contributed by atoms with Gasteiger partial charge in [0.05, 0.1) is 5.56 Å². The molecular formula is C10H11NO3. The molecule has 2 rings (SSSR count). The van der Waals surface area contributed by atoms with Crippen LogP contribution in [0.1, 0.15) is 33.3 Å². The van der Waals surface area contributed by atoms with Crippen molar-refractivity contribution in [3.8, 4) is 0 Å². The standard InChI is InChI=1S/C10H11NO3/c1-5-2-7-8(10(14)9(5)13)6(4-12)3-11-7/h3-5,9,11,13H,2H2,1H3. The number of H-pyrrole nitrogens is 1. The van der Waals surface area contributed by atoms with Crippen LogP contribution < -0.4 is 0 Å². The number of nitrogens with one attached hydrogen (secondary N) is 1. The third kappa shape index (κ3) is 1.11. The second kappa shape index (κ2) is 3.06. The SMILES string of the molecule is CC1Cc2[nH]cc(C=O)c2C(=O)C1O. The van der Waals surface area contributed by atoms with Crippen LogP contribution in [0.2, 0.25) is 0 Å². The molecule has 0 spiro atoms. The fraction of sp³-hybridized carbons (Fsp3) is 0.400. The van der Waals surface area contributed by atoms with Crippen molar-refractivity contribution < 1.29 is 14.7 Å². The number of fused-ring (bicyclic) bond motifs is 1. The van der Waals surface area contributed by atoms with E-state index in [1.807, 2.05) is 6.92 Å². The highest BCUT2D eigenvalue weighted by molar-refractivity contribution is 6.07. The summed E-state index contributed by atoms with van der Waals surface area (Å²) < 4.78 is 0. The number of Topliss-reactive ketones (excluding diaryl/α,β-unsaturated/α-hetero) is 1. The molecule has 0 radical (unpaired) electrons. The lowest BCUT2D eigenvalue weighted by Gasteiger charge is -2.23. The van der Waals surface area contributed by atoms with Gasteiger partial charge in [0.2, 0.25) is 0 Å². The molecule has 1 aliphatic carbocycles. The third-order valence-electron chi connectivity index (χ3n) is 2.70. The number of rotatable bonds is 1. The maximum Gasteiger partial charge on any atom is 0.194 e. The lowest BCUT2D eigenvalue weighted by atomic mass is 9.84. The lowest BCUT2D eigenvalue weighted by molar-refractivity contribution is 0.0593. The summed E-state index contributed by atoms with van der Waals surface area (Å²) in [5.74, 6) is -0.435. The van der Waals surface area contributed by atoms with Crippen molar-refractivity contribution in [3.63, 3.8) is 0 Å². The molecule has 0 amide bonds. The topological polar surface area (TPSA) is 70.2 Å². The first-order valence-corrected chi connectivity index (χ1v) is 4.53. The number of hydrogen-bond acceptors (Lipinski definition) is 3. The zero-order valence-electron chi connectivity index (χ0n) is 7.78. The Labute approximate surface area is 80.9 Å². The summed E-state index contributed by atoms with van der Waals surface area (Å²) in [5.41, 5.74) is 1.47. The highest BCUT2D eigenvalue weighted by Gasteiger charge is 2.34. The van der Waals surface area contributed by atoms with Gasteiger partial charge in [-0.25, -0.2) is 0 Å².